The number of urea groups is 1. The van der Waals surface area contributed by atoms with Crippen LogP contribution in [-0.2, 0) is 11.0 Å². The summed E-state index contributed by atoms with van der Waals surface area (Å²) in [5.41, 5.74) is -0.427. The Labute approximate surface area is 136 Å². The number of nitrogens with one attached hydrogen (secondary N) is 2. The highest BCUT2D eigenvalue weighted by Crippen LogP contribution is 2.39. The van der Waals surface area contributed by atoms with Crippen molar-refractivity contribution in [1.29, 1.82) is 0 Å². The molecule has 3 rings (SSSR count). The van der Waals surface area contributed by atoms with Gasteiger partial charge < -0.3 is 15.5 Å². The first-order chi connectivity index (χ1) is 11.3. The summed E-state index contributed by atoms with van der Waals surface area (Å²) in [4.78, 5) is 26.0. The van der Waals surface area contributed by atoms with E-state index in [1.54, 1.807) is 0 Å². The lowest BCUT2D eigenvalue weighted by Crippen LogP contribution is -2.44. The predicted octanol–water partition coefficient (Wildman–Crippen LogP) is 2.57. The summed E-state index contributed by atoms with van der Waals surface area (Å²) in [5, 5.41) is 5.00. The van der Waals surface area contributed by atoms with Crippen LogP contribution in [0.1, 0.15) is 30.5 Å². The van der Waals surface area contributed by atoms with E-state index in [4.69, 9.17) is 0 Å². The smallest absolute Gasteiger partial charge is 0.333 e. The molecule has 5 nitrogen and oxygen atoms in total. The fourth-order valence-corrected chi connectivity index (χ4v) is 3.12. The maximum absolute atomic E-state index is 13.3. The summed E-state index contributed by atoms with van der Waals surface area (Å²) >= 11 is 0. The largest absolute Gasteiger partial charge is 0.416 e. The molecule has 2 aliphatic rings. The fourth-order valence-electron chi connectivity index (χ4n) is 3.12. The van der Waals surface area contributed by atoms with Crippen molar-refractivity contribution in [2.45, 2.75) is 25.6 Å². The van der Waals surface area contributed by atoms with Crippen LogP contribution >= 0.6 is 0 Å². The van der Waals surface area contributed by atoms with Crippen LogP contribution in [0.15, 0.2) is 35.5 Å². The van der Waals surface area contributed by atoms with Gasteiger partial charge in [0.05, 0.1) is 29.4 Å². The molecule has 3 amide bonds. The monoisotopic (exact) mass is 339 g/mol. The Kier molecular flexibility index (Phi) is 3.98. The molecule has 1 aromatic carbocycles. The molecule has 1 atom stereocenters. The molecule has 2 aliphatic heterocycles. The van der Waals surface area contributed by atoms with E-state index in [1.165, 1.54) is 23.1 Å². The fraction of sp³-hybridized carbons (Fsp3) is 0.375. The lowest BCUT2D eigenvalue weighted by atomic mass is 9.92. The van der Waals surface area contributed by atoms with E-state index >= 15 is 0 Å². The maximum Gasteiger partial charge on any atom is 0.416 e. The topological polar surface area (TPSA) is 61.4 Å². The van der Waals surface area contributed by atoms with Crippen molar-refractivity contribution in [1.82, 2.24) is 15.5 Å². The van der Waals surface area contributed by atoms with Gasteiger partial charge >= 0.3 is 12.2 Å². The number of nitrogens with zero attached hydrogens (tertiary/aromatic N) is 1. The lowest BCUT2D eigenvalue weighted by molar-refractivity contribution is -0.138. The molecule has 2 N–H and O–H groups in total. The third-order valence-electron chi connectivity index (χ3n) is 4.09. The van der Waals surface area contributed by atoms with Crippen molar-refractivity contribution in [3.8, 4) is 0 Å². The van der Waals surface area contributed by atoms with E-state index in [0.29, 0.717) is 12.2 Å². The molecule has 0 aromatic heterocycles. The number of rotatable bonds is 3. The second-order valence-corrected chi connectivity index (χ2v) is 5.74. The number of hydrogen-bond donors (Lipinski definition) is 2. The Morgan fingerprint density at radius 1 is 1.25 bits per heavy atom. The van der Waals surface area contributed by atoms with Crippen molar-refractivity contribution in [2.75, 3.05) is 13.1 Å². The van der Waals surface area contributed by atoms with E-state index in [9.17, 15) is 22.8 Å². The van der Waals surface area contributed by atoms with Crippen molar-refractivity contribution >= 4 is 11.9 Å². The van der Waals surface area contributed by atoms with Gasteiger partial charge in [-0.3, -0.25) is 4.79 Å². The minimum absolute atomic E-state index is 0.126. The molecular formula is C16H16F3N3O2. The first-order valence-corrected chi connectivity index (χ1v) is 7.59. The molecule has 0 bridgehead atoms. The number of hydrogen-bond acceptors (Lipinski definition) is 2. The van der Waals surface area contributed by atoms with Gasteiger partial charge in [0.2, 0.25) is 0 Å². The Balaban J connectivity index is 2.07. The van der Waals surface area contributed by atoms with E-state index in [-0.39, 0.29) is 23.6 Å². The van der Waals surface area contributed by atoms with Gasteiger partial charge in [0.1, 0.15) is 0 Å². The highest BCUT2D eigenvalue weighted by Gasteiger charge is 2.43. The van der Waals surface area contributed by atoms with Crippen molar-refractivity contribution in [3.05, 3.63) is 46.7 Å². The van der Waals surface area contributed by atoms with E-state index < -0.39 is 23.8 Å². The molecule has 0 radical (unpaired) electrons. The number of alkyl halides is 3. The third kappa shape index (κ3) is 2.72. The second kappa shape index (κ2) is 5.85. The Morgan fingerprint density at radius 2 is 1.96 bits per heavy atom. The number of amides is 3. The molecule has 0 spiro atoms. The van der Waals surface area contributed by atoms with Crippen molar-refractivity contribution < 1.29 is 22.8 Å². The molecule has 24 heavy (non-hydrogen) atoms. The standard InChI is InChI=1S/C16H16F3N3O2/c1-2-7-22-8-11-12(14(22)23)13(21-15(24)20-11)9-5-3-4-6-10(9)16(17,18)19/h3-6,13H,2,7-8H2,1H3,(H2,20,21,24). The molecule has 0 fully saturated rings. The van der Waals surface area contributed by atoms with Gasteiger partial charge in [-0.2, -0.15) is 13.2 Å². The van der Waals surface area contributed by atoms with Crippen LogP contribution in [0, 0.1) is 0 Å². The summed E-state index contributed by atoms with van der Waals surface area (Å²) < 4.78 is 39.9. The summed E-state index contributed by atoms with van der Waals surface area (Å²) in [5.74, 6) is -0.346. The molecule has 0 aliphatic carbocycles. The molecular weight excluding hydrogens is 323 g/mol. The zero-order chi connectivity index (χ0) is 17.5. The predicted molar refractivity (Wildman–Crippen MR) is 79.7 cm³/mol. The lowest BCUT2D eigenvalue weighted by Gasteiger charge is -2.27. The first kappa shape index (κ1) is 16.4. The zero-order valence-electron chi connectivity index (χ0n) is 12.9. The summed E-state index contributed by atoms with van der Waals surface area (Å²) in [6.45, 7) is 2.59. The number of halogens is 3. The molecule has 8 heteroatoms. The van der Waals surface area contributed by atoms with E-state index in [1.807, 2.05) is 6.92 Å². The van der Waals surface area contributed by atoms with E-state index in [0.717, 1.165) is 12.5 Å². The van der Waals surface area contributed by atoms with Crippen LogP contribution in [0.5, 0.6) is 0 Å². The van der Waals surface area contributed by atoms with Crippen LogP contribution in [0.4, 0.5) is 18.0 Å². The minimum atomic E-state index is -4.57. The molecule has 1 unspecified atom stereocenters. The SMILES string of the molecule is CCCN1CC2=C(C1=O)C(c1ccccc1C(F)(F)F)NC(=O)N2. The Hall–Kier alpha value is -2.51. The molecule has 0 saturated carbocycles. The van der Waals surface area contributed by atoms with Gasteiger partial charge in [-0.25, -0.2) is 4.79 Å². The molecule has 128 valence electrons. The van der Waals surface area contributed by atoms with Crippen LogP contribution < -0.4 is 10.6 Å². The maximum atomic E-state index is 13.3. The Bertz CT molecular complexity index is 728. The number of benzene rings is 1. The minimum Gasteiger partial charge on any atom is -0.333 e. The van der Waals surface area contributed by atoms with Crippen LogP contribution in [0.2, 0.25) is 0 Å². The van der Waals surface area contributed by atoms with Crippen molar-refractivity contribution in [3.63, 3.8) is 0 Å². The Morgan fingerprint density at radius 3 is 2.62 bits per heavy atom. The van der Waals surface area contributed by atoms with Crippen LogP contribution in [0.25, 0.3) is 0 Å². The average molecular weight is 339 g/mol. The van der Waals surface area contributed by atoms with Gasteiger partial charge in [-0.1, -0.05) is 25.1 Å². The second-order valence-electron chi connectivity index (χ2n) is 5.74. The van der Waals surface area contributed by atoms with Crippen LogP contribution in [-0.4, -0.2) is 29.9 Å². The van der Waals surface area contributed by atoms with Gasteiger partial charge in [-0.15, -0.1) is 0 Å². The van der Waals surface area contributed by atoms with Crippen molar-refractivity contribution in [2.24, 2.45) is 0 Å². The molecule has 1 aromatic rings. The van der Waals surface area contributed by atoms with Gasteiger partial charge in [0, 0.05) is 6.54 Å². The average Bonchev–Trinajstić information content (AvgIpc) is 2.82. The summed E-state index contributed by atoms with van der Waals surface area (Å²) in [6.07, 6.45) is -3.85. The number of carbonyl (C=O) groups is 2. The summed E-state index contributed by atoms with van der Waals surface area (Å²) in [6, 6.07) is 3.27. The normalized spacial score (nSPS) is 20.8. The molecule has 2 heterocycles. The summed E-state index contributed by atoms with van der Waals surface area (Å²) in [7, 11) is 0. The van der Waals surface area contributed by atoms with Crippen LogP contribution in [0.3, 0.4) is 0 Å². The highest BCUT2D eigenvalue weighted by molar-refractivity contribution is 6.01. The molecule has 0 saturated heterocycles. The van der Waals surface area contributed by atoms with Gasteiger partial charge in [0.25, 0.3) is 5.91 Å². The first-order valence-electron chi connectivity index (χ1n) is 7.59. The highest BCUT2D eigenvalue weighted by atomic mass is 19.4. The number of carbonyl (C=O) groups excluding carboxylic acids is 2. The van der Waals surface area contributed by atoms with Gasteiger partial charge in [0.15, 0.2) is 0 Å². The van der Waals surface area contributed by atoms with Gasteiger partial charge in [-0.05, 0) is 18.1 Å². The van der Waals surface area contributed by atoms with E-state index in [2.05, 4.69) is 10.6 Å². The zero-order valence-corrected chi connectivity index (χ0v) is 12.9. The third-order valence-corrected chi connectivity index (χ3v) is 4.09. The quantitative estimate of drug-likeness (QED) is 0.889.